The minimum absolute atomic E-state index is 0. The summed E-state index contributed by atoms with van der Waals surface area (Å²) in [4.78, 5) is 15.1. The monoisotopic (exact) mass is 459 g/mol. The molecule has 6 rings (SSSR count). The van der Waals surface area contributed by atoms with E-state index >= 15 is 0 Å². The van der Waals surface area contributed by atoms with Gasteiger partial charge in [0, 0.05) is 21.2 Å². The van der Waals surface area contributed by atoms with Gasteiger partial charge in [-0.05, 0) is 93.1 Å². The summed E-state index contributed by atoms with van der Waals surface area (Å²) in [5.74, 6) is 0. The van der Waals surface area contributed by atoms with E-state index in [2.05, 4.69) is 26.1 Å². The summed E-state index contributed by atoms with van der Waals surface area (Å²) in [5, 5.41) is 7.22. The number of carbonyl (C=O) groups is 1. The molecule has 4 aliphatic rings. The Morgan fingerprint density at radius 3 is 2.31 bits per heavy atom. The fourth-order valence-electron chi connectivity index (χ4n) is 5.34. The van der Waals surface area contributed by atoms with Crippen LogP contribution in [0.15, 0.2) is 17.2 Å². The molecular formula is C23H33N5O3S. The van der Waals surface area contributed by atoms with Crippen molar-refractivity contribution in [3.63, 3.8) is 0 Å². The van der Waals surface area contributed by atoms with Crippen LogP contribution in [0.5, 0.6) is 0 Å². The fourth-order valence-corrected chi connectivity index (χ4v) is 6.23. The van der Waals surface area contributed by atoms with E-state index < -0.39 is 16.1 Å². The first-order chi connectivity index (χ1) is 15.5. The molecule has 0 radical (unpaired) electrons. The van der Waals surface area contributed by atoms with Gasteiger partial charge in [-0.3, -0.25) is 9.58 Å². The fraction of sp³-hybridized carbons (Fsp3) is 0.565. The summed E-state index contributed by atoms with van der Waals surface area (Å²) in [6.45, 7) is 2.77. The van der Waals surface area contributed by atoms with E-state index in [9.17, 15) is 13.2 Å². The molecule has 1 aromatic heterocycles. The second-order valence-electron chi connectivity index (χ2n) is 9.57. The number of carbonyl (C=O) groups excluding carboxylic acids is 1. The third-order valence-corrected chi connectivity index (χ3v) is 8.44. The van der Waals surface area contributed by atoms with Crippen molar-refractivity contribution in [1.29, 1.82) is 0 Å². The quantitative estimate of drug-likeness (QED) is 0.690. The smallest absolute Gasteiger partial charge is 0.307 e. The lowest BCUT2D eigenvalue weighted by Gasteiger charge is -2.30. The van der Waals surface area contributed by atoms with E-state index in [4.69, 9.17) is 0 Å². The molecule has 174 valence electrons. The summed E-state index contributed by atoms with van der Waals surface area (Å²) < 4.78 is 30.1. The molecule has 1 aliphatic heterocycles. The first-order valence-corrected chi connectivity index (χ1v) is 13.3. The molecule has 0 spiro atoms. The van der Waals surface area contributed by atoms with Crippen LogP contribution in [0.3, 0.4) is 0 Å². The highest BCUT2D eigenvalue weighted by molar-refractivity contribution is 7.90. The van der Waals surface area contributed by atoms with Crippen LogP contribution in [0.4, 0.5) is 10.5 Å². The average molecular weight is 460 g/mol. The molecule has 8 nitrogen and oxygen atoms in total. The summed E-state index contributed by atoms with van der Waals surface area (Å²) in [7, 11) is -4.05. The number of hydrogen-bond acceptors (Lipinski definition) is 5. The van der Waals surface area contributed by atoms with E-state index in [-0.39, 0.29) is 13.9 Å². The number of hydrogen-bond donors (Lipinski definition) is 2. The first-order valence-electron chi connectivity index (χ1n) is 11.8. The standard InChI is InChI=1S/C23H29N5O3S.2H2/c29-23(24-22-19-6-1-4-15(19)12-16-5-2-7-20(16)22)26-32(30,31)21-13-18(14-27-10-3-11-27)28(25-21)17-8-9-17;;/h12-13,17H,1-11,14H2,(H2,24,26,29);2*1H. The predicted octanol–water partition coefficient (Wildman–Crippen LogP) is 3.40. The van der Waals surface area contributed by atoms with Gasteiger partial charge in [-0.2, -0.15) is 13.5 Å². The Balaban J connectivity index is 0.00000137. The maximum atomic E-state index is 13.0. The number of benzene rings is 1. The van der Waals surface area contributed by atoms with Gasteiger partial charge >= 0.3 is 6.03 Å². The van der Waals surface area contributed by atoms with Crippen LogP contribution in [0.25, 0.3) is 0 Å². The molecule has 2 heterocycles. The van der Waals surface area contributed by atoms with Crippen molar-refractivity contribution in [3.8, 4) is 0 Å². The molecule has 2 aromatic rings. The average Bonchev–Trinajstić information content (AvgIpc) is 3.12. The van der Waals surface area contributed by atoms with Gasteiger partial charge in [0.25, 0.3) is 10.0 Å². The normalized spacial score (nSPS) is 20.0. The maximum absolute atomic E-state index is 13.0. The third kappa shape index (κ3) is 3.61. The van der Waals surface area contributed by atoms with Crippen LogP contribution in [-0.4, -0.2) is 42.2 Å². The van der Waals surface area contributed by atoms with E-state index in [0.29, 0.717) is 6.54 Å². The maximum Gasteiger partial charge on any atom is 0.333 e. The Kier molecular flexibility index (Phi) is 4.80. The van der Waals surface area contributed by atoms with Gasteiger partial charge in [0.2, 0.25) is 0 Å². The highest BCUT2D eigenvalue weighted by Crippen LogP contribution is 2.39. The molecule has 3 aliphatic carbocycles. The van der Waals surface area contributed by atoms with Gasteiger partial charge in [-0.25, -0.2) is 9.52 Å². The third-order valence-electron chi connectivity index (χ3n) is 7.23. The molecule has 32 heavy (non-hydrogen) atoms. The molecule has 2 fully saturated rings. The van der Waals surface area contributed by atoms with Gasteiger partial charge < -0.3 is 5.32 Å². The molecule has 2 amide bonds. The zero-order chi connectivity index (χ0) is 21.9. The highest BCUT2D eigenvalue weighted by atomic mass is 32.2. The van der Waals surface area contributed by atoms with Crippen LogP contribution in [0, 0.1) is 0 Å². The topological polar surface area (TPSA) is 96.3 Å². The van der Waals surface area contributed by atoms with Gasteiger partial charge in [0.05, 0.1) is 11.7 Å². The van der Waals surface area contributed by atoms with E-state index in [1.807, 2.05) is 4.68 Å². The van der Waals surface area contributed by atoms with Gasteiger partial charge in [-0.15, -0.1) is 0 Å². The van der Waals surface area contributed by atoms with Crippen molar-refractivity contribution in [2.45, 2.75) is 75.4 Å². The van der Waals surface area contributed by atoms with Gasteiger partial charge in [-0.1, -0.05) is 6.07 Å². The number of rotatable bonds is 6. The molecule has 0 unspecified atom stereocenters. The Morgan fingerprint density at radius 1 is 1.03 bits per heavy atom. The second-order valence-corrected chi connectivity index (χ2v) is 11.2. The van der Waals surface area contributed by atoms with E-state index in [1.54, 1.807) is 6.07 Å². The molecule has 2 N–H and O–H groups in total. The zero-order valence-corrected chi connectivity index (χ0v) is 19.0. The Labute approximate surface area is 191 Å². The zero-order valence-electron chi connectivity index (χ0n) is 18.2. The van der Waals surface area contributed by atoms with Crippen molar-refractivity contribution in [1.82, 2.24) is 19.4 Å². The second kappa shape index (κ2) is 7.59. The van der Waals surface area contributed by atoms with Crippen molar-refractivity contribution in [2.24, 2.45) is 0 Å². The van der Waals surface area contributed by atoms with Crippen LogP contribution in [-0.2, 0) is 42.3 Å². The first kappa shape index (κ1) is 20.2. The summed E-state index contributed by atoms with van der Waals surface area (Å²) >= 11 is 0. The number of anilines is 1. The number of likely N-dealkylation sites (tertiary alicyclic amines) is 1. The Hall–Kier alpha value is -2.39. The highest BCUT2D eigenvalue weighted by Gasteiger charge is 2.32. The summed E-state index contributed by atoms with van der Waals surface area (Å²) in [6, 6.07) is 3.49. The van der Waals surface area contributed by atoms with Gasteiger partial charge in [0.1, 0.15) is 0 Å². The summed E-state index contributed by atoms with van der Waals surface area (Å²) in [6.07, 6.45) is 9.27. The van der Waals surface area contributed by atoms with Crippen LogP contribution in [0.1, 0.15) is 68.9 Å². The minimum atomic E-state index is -4.05. The van der Waals surface area contributed by atoms with Crippen LogP contribution in [0.2, 0.25) is 0 Å². The van der Waals surface area contributed by atoms with Crippen molar-refractivity contribution < 1.29 is 16.1 Å². The number of sulfonamides is 1. The van der Waals surface area contributed by atoms with Crippen molar-refractivity contribution >= 4 is 21.7 Å². The Morgan fingerprint density at radius 2 is 1.72 bits per heavy atom. The molecule has 1 saturated heterocycles. The summed E-state index contributed by atoms with van der Waals surface area (Å²) in [5.41, 5.74) is 6.68. The molecule has 1 aromatic carbocycles. The lowest BCUT2D eigenvalue weighted by Crippen LogP contribution is -2.36. The molecule has 9 heteroatoms. The van der Waals surface area contributed by atoms with Crippen LogP contribution >= 0.6 is 0 Å². The van der Waals surface area contributed by atoms with Crippen molar-refractivity contribution in [2.75, 3.05) is 18.4 Å². The molecular weight excluding hydrogens is 426 g/mol. The number of amides is 2. The number of fused-ring (bicyclic) bond motifs is 2. The lowest BCUT2D eigenvalue weighted by molar-refractivity contribution is 0.167. The SMILES string of the molecule is O=C(Nc1c2c(cc3c1CCC3)CCC2)NS(=O)(=O)c1cc(CN2CCC2)n(C2CC2)n1.[HH].[HH]. The number of nitrogens with zero attached hydrogens (tertiary/aromatic N) is 3. The van der Waals surface area contributed by atoms with Gasteiger partial charge in [0.15, 0.2) is 5.03 Å². The molecule has 0 bridgehead atoms. The Bertz CT molecular complexity index is 1170. The number of nitrogens with one attached hydrogen (secondary N) is 2. The minimum Gasteiger partial charge on any atom is -0.307 e. The number of urea groups is 1. The number of aryl methyl sites for hydroxylation is 2. The predicted molar refractivity (Wildman–Crippen MR) is 124 cm³/mol. The lowest BCUT2D eigenvalue weighted by atomic mass is 9.99. The molecule has 1 saturated carbocycles. The number of aromatic nitrogens is 2. The van der Waals surface area contributed by atoms with E-state index in [1.165, 1.54) is 28.7 Å². The largest absolute Gasteiger partial charge is 0.333 e. The molecule has 0 atom stereocenters. The van der Waals surface area contributed by atoms with E-state index in [0.717, 1.165) is 75.8 Å². The van der Waals surface area contributed by atoms with Crippen LogP contribution < -0.4 is 10.0 Å². The van der Waals surface area contributed by atoms with Crippen molar-refractivity contribution in [3.05, 3.63) is 40.1 Å².